The van der Waals surface area contributed by atoms with Gasteiger partial charge < -0.3 is 20.3 Å². The third kappa shape index (κ3) is 2.88. The standard InChI is InChI=1S/C12H15NO4/c13-8-1-2-10(11(14)7-8)12(15)17-9-3-5-16-6-4-9/h1-2,7,9,14H,3-6,13H2. The molecule has 0 unspecified atom stereocenters. The summed E-state index contributed by atoms with van der Waals surface area (Å²) >= 11 is 0. The van der Waals surface area contributed by atoms with Gasteiger partial charge in [-0.05, 0) is 12.1 Å². The number of nitrogens with two attached hydrogens (primary N) is 1. The van der Waals surface area contributed by atoms with E-state index < -0.39 is 5.97 Å². The normalized spacial score (nSPS) is 16.7. The van der Waals surface area contributed by atoms with Crippen LogP contribution in [0.1, 0.15) is 23.2 Å². The Bertz CT molecular complexity index is 413. The van der Waals surface area contributed by atoms with Crippen LogP contribution in [-0.4, -0.2) is 30.4 Å². The number of phenolic OH excluding ortho intramolecular Hbond substituents is 1. The molecule has 5 nitrogen and oxygen atoms in total. The van der Waals surface area contributed by atoms with Gasteiger partial charge in [0.25, 0.3) is 0 Å². The lowest BCUT2D eigenvalue weighted by Gasteiger charge is -2.22. The maximum atomic E-state index is 11.8. The van der Waals surface area contributed by atoms with Crippen LogP contribution in [0.3, 0.4) is 0 Å². The fraction of sp³-hybridized carbons (Fsp3) is 0.417. The first-order valence-electron chi connectivity index (χ1n) is 5.54. The zero-order valence-electron chi connectivity index (χ0n) is 9.39. The largest absolute Gasteiger partial charge is 0.507 e. The van der Waals surface area contributed by atoms with Gasteiger partial charge in [-0.15, -0.1) is 0 Å². The average molecular weight is 237 g/mol. The summed E-state index contributed by atoms with van der Waals surface area (Å²) in [7, 11) is 0. The quantitative estimate of drug-likeness (QED) is 0.598. The number of hydrogen-bond donors (Lipinski definition) is 2. The van der Waals surface area contributed by atoms with Crippen LogP contribution in [0.15, 0.2) is 18.2 Å². The smallest absolute Gasteiger partial charge is 0.342 e. The first kappa shape index (κ1) is 11.7. The van der Waals surface area contributed by atoms with Crippen LogP contribution in [0.25, 0.3) is 0 Å². The maximum absolute atomic E-state index is 11.8. The van der Waals surface area contributed by atoms with Crippen LogP contribution in [-0.2, 0) is 9.47 Å². The van der Waals surface area contributed by atoms with Crippen LogP contribution < -0.4 is 5.73 Å². The Morgan fingerprint density at radius 2 is 2.12 bits per heavy atom. The number of nitrogen functional groups attached to an aromatic ring is 1. The van der Waals surface area contributed by atoms with E-state index in [0.717, 1.165) is 0 Å². The van der Waals surface area contributed by atoms with E-state index in [2.05, 4.69) is 0 Å². The number of carbonyl (C=O) groups excluding carboxylic acids is 1. The Morgan fingerprint density at radius 3 is 2.76 bits per heavy atom. The Morgan fingerprint density at radius 1 is 1.41 bits per heavy atom. The average Bonchev–Trinajstić information content (AvgIpc) is 2.30. The van der Waals surface area contributed by atoms with Gasteiger partial charge in [0.05, 0.1) is 13.2 Å². The summed E-state index contributed by atoms with van der Waals surface area (Å²) in [6.45, 7) is 1.21. The molecule has 0 amide bonds. The van der Waals surface area contributed by atoms with Crippen molar-refractivity contribution < 1.29 is 19.4 Å². The van der Waals surface area contributed by atoms with Crippen molar-refractivity contribution in [1.82, 2.24) is 0 Å². The van der Waals surface area contributed by atoms with Crippen molar-refractivity contribution in [1.29, 1.82) is 0 Å². The molecular formula is C12H15NO4. The Labute approximate surface area is 99.1 Å². The summed E-state index contributed by atoms with van der Waals surface area (Å²) in [5.74, 6) is -0.670. The molecule has 0 atom stereocenters. The van der Waals surface area contributed by atoms with Gasteiger partial charge in [0.2, 0.25) is 0 Å². The number of anilines is 1. The number of rotatable bonds is 2. The monoisotopic (exact) mass is 237 g/mol. The highest BCUT2D eigenvalue weighted by Crippen LogP contribution is 2.22. The summed E-state index contributed by atoms with van der Waals surface area (Å²) in [6.07, 6.45) is 1.26. The molecule has 5 heteroatoms. The summed E-state index contributed by atoms with van der Waals surface area (Å²) in [5.41, 5.74) is 6.03. The summed E-state index contributed by atoms with van der Waals surface area (Å²) in [4.78, 5) is 11.8. The third-order valence-corrected chi connectivity index (χ3v) is 2.68. The molecule has 1 heterocycles. The van der Waals surface area contributed by atoms with Crippen molar-refractivity contribution in [3.8, 4) is 5.75 Å². The van der Waals surface area contributed by atoms with E-state index >= 15 is 0 Å². The van der Waals surface area contributed by atoms with Gasteiger partial charge in [-0.2, -0.15) is 0 Å². The zero-order chi connectivity index (χ0) is 12.3. The lowest BCUT2D eigenvalue weighted by Crippen LogP contribution is -2.26. The van der Waals surface area contributed by atoms with Gasteiger partial charge >= 0.3 is 5.97 Å². The van der Waals surface area contributed by atoms with Gasteiger partial charge in [0, 0.05) is 24.6 Å². The van der Waals surface area contributed by atoms with Gasteiger partial charge in [-0.3, -0.25) is 0 Å². The second-order valence-electron chi connectivity index (χ2n) is 3.99. The minimum Gasteiger partial charge on any atom is -0.507 e. The lowest BCUT2D eigenvalue weighted by atomic mass is 10.1. The minimum absolute atomic E-state index is 0.131. The van der Waals surface area contributed by atoms with Crippen molar-refractivity contribution in [2.24, 2.45) is 0 Å². The SMILES string of the molecule is Nc1ccc(C(=O)OC2CCOCC2)c(O)c1. The summed E-state index contributed by atoms with van der Waals surface area (Å²) < 4.78 is 10.4. The highest BCUT2D eigenvalue weighted by molar-refractivity contribution is 5.93. The van der Waals surface area contributed by atoms with E-state index in [-0.39, 0.29) is 17.4 Å². The minimum atomic E-state index is -0.519. The second kappa shape index (κ2) is 5.05. The molecule has 92 valence electrons. The molecule has 0 spiro atoms. The summed E-state index contributed by atoms with van der Waals surface area (Å²) in [5, 5.41) is 9.59. The maximum Gasteiger partial charge on any atom is 0.342 e. The fourth-order valence-corrected chi connectivity index (χ4v) is 1.73. The van der Waals surface area contributed by atoms with Crippen molar-refractivity contribution in [3.63, 3.8) is 0 Å². The van der Waals surface area contributed by atoms with E-state index in [1.54, 1.807) is 6.07 Å². The van der Waals surface area contributed by atoms with Crippen LogP contribution >= 0.6 is 0 Å². The van der Waals surface area contributed by atoms with Gasteiger partial charge in [0.15, 0.2) is 0 Å². The molecule has 1 aliphatic heterocycles. The van der Waals surface area contributed by atoms with Crippen LogP contribution in [0.5, 0.6) is 5.75 Å². The second-order valence-corrected chi connectivity index (χ2v) is 3.99. The number of aromatic hydroxyl groups is 1. The van der Waals surface area contributed by atoms with Crippen LogP contribution in [0, 0.1) is 0 Å². The van der Waals surface area contributed by atoms with Crippen molar-refractivity contribution in [2.45, 2.75) is 18.9 Å². The van der Waals surface area contributed by atoms with E-state index in [1.807, 2.05) is 0 Å². The van der Waals surface area contributed by atoms with E-state index in [9.17, 15) is 9.90 Å². The number of phenols is 1. The van der Waals surface area contributed by atoms with Crippen molar-refractivity contribution in [2.75, 3.05) is 18.9 Å². The molecule has 1 aliphatic rings. The van der Waals surface area contributed by atoms with Crippen LogP contribution in [0.4, 0.5) is 5.69 Å². The molecule has 0 bridgehead atoms. The summed E-state index contributed by atoms with van der Waals surface area (Å²) in [6, 6.07) is 4.35. The number of ether oxygens (including phenoxy) is 2. The highest BCUT2D eigenvalue weighted by atomic mass is 16.6. The Hall–Kier alpha value is -1.75. The molecule has 0 saturated carbocycles. The van der Waals surface area contributed by atoms with Gasteiger partial charge in [-0.25, -0.2) is 4.79 Å². The third-order valence-electron chi connectivity index (χ3n) is 2.68. The molecule has 0 radical (unpaired) electrons. The lowest BCUT2D eigenvalue weighted by molar-refractivity contribution is -0.0160. The zero-order valence-corrected chi connectivity index (χ0v) is 9.39. The first-order valence-corrected chi connectivity index (χ1v) is 5.54. The molecule has 1 aromatic rings. The molecule has 17 heavy (non-hydrogen) atoms. The molecule has 0 aliphatic carbocycles. The Balaban J connectivity index is 2.03. The van der Waals surface area contributed by atoms with Crippen LogP contribution in [0.2, 0.25) is 0 Å². The van der Waals surface area contributed by atoms with Gasteiger partial charge in [0.1, 0.15) is 17.4 Å². The van der Waals surface area contributed by atoms with Crippen molar-refractivity contribution >= 4 is 11.7 Å². The van der Waals surface area contributed by atoms with Gasteiger partial charge in [-0.1, -0.05) is 0 Å². The number of esters is 1. The molecule has 3 N–H and O–H groups in total. The molecular weight excluding hydrogens is 222 g/mol. The molecule has 2 rings (SSSR count). The Kier molecular flexibility index (Phi) is 3.49. The molecule has 1 aromatic carbocycles. The topological polar surface area (TPSA) is 81.8 Å². The van der Waals surface area contributed by atoms with E-state index in [0.29, 0.717) is 31.7 Å². The predicted molar refractivity (Wildman–Crippen MR) is 61.8 cm³/mol. The first-order chi connectivity index (χ1) is 8.16. The van der Waals surface area contributed by atoms with Crippen molar-refractivity contribution in [3.05, 3.63) is 23.8 Å². The molecule has 1 saturated heterocycles. The molecule has 1 fully saturated rings. The molecule has 0 aromatic heterocycles. The fourth-order valence-electron chi connectivity index (χ4n) is 1.73. The number of carbonyl (C=O) groups is 1. The predicted octanol–water partition coefficient (Wildman–Crippen LogP) is 1.31. The van der Waals surface area contributed by atoms with E-state index in [1.165, 1.54) is 12.1 Å². The number of hydrogen-bond acceptors (Lipinski definition) is 5. The van der Waals surface area contributed by atoms with E-state index in [4.69, 9.17) is 15.2 Å². The highest BCUT2D eigenvalue weighted by Gasteiger charge is 2.20. The number of benzene rings is 1.